The number of nitrogens with two attached hydrogens (primary N) is 1. The fourth-order valence-corrected chi connectivity index (χ4v) is 3.79. The lowest BCUT2D eigenvalue weighted by Crippen LogP contribution is -2.29. The Morgan fingerprint density at radius 1 is 1.21 bits per heavy atom. The van der Waals surface area contributed by atoms with Crippen molar-refractivity contribution < 1.29 is 13.0 Å². The number of nitrogens with zero attached hydrogens (tertiary/aromatic N) is 4. The molecule has 9 nitrogen and oxygen atoms in total. The zero-order chi connectivity index (χ0) is 20.6. The lowest BCUT2D eigenvalue weighted by Gasteiger charge is -2.22. The van der Waals surface area contributed by atoms with Gasteiger partial charge in [-0.05, 0) is 29.7 Å². The maximum absolute atomic E-state index is 11.2. The number of nitrogens with one attached hydrogen (secondary N) is 1. The van der Waals surface area contributed by atoms with Crippen molar-refractivity contribution in [1.82, 2.24) is 20.0 Å². The van der Waals surface area contributed by atoms with Crippen molar-refractivity contribution in [2.24, 2.45) is 5.84 Å². The number of anilines is 1. The monoisotopic (exact) mass is 412 g/mol. The van der Waals surface area contributed by atoms with Gasteiger partial charge in [-0.2, -0.15) is 8.42 Å². The summed E-state index contributed by atoms with van der Waals surface area (Å²) in [6.07, 6.45) is 1.84. The van der Waals surface area contributed by atoms with Crippen LogP contribution in [-0.4, -0.2) is 33.0 Å². The van der Waals surface area contributed by atoms with Crippen molar-refractivity contribution in [3.63, 3.8) is 0 Å². The summed E-state index contributed by atoms with van der Waals surface area (Å²) in [5.41, 5.74) is 5.30. The molecule has 0 saturated carbocycles. The van der Waals surface area contributed by atoms with E-state index in [1.165, 1.54) is 0 Å². The van der Waals surface area contributed by atoms with E-state index in [1.807, 2.05) is 42.6 Å². The summed E-state index contributed by atoms with van der Waals surface area (Å²) in [7, 11) is -4.35. The van der Waals surface area contributed by atoms with Crippen LogP contribution in [0.15, 0.2) is 54.7 Å². The fraction of sp³-hybridized carbons (Fsp3) is 0.158. The minimum atomic E-state index is -4.35. The highest BCUT2D eigenvalue weighted by Gasteiger charge is 2.24. The number of benzene rings is 2. The summed E-state index contributed by atoms with van der Waals surface area (Å²) < 4.78 is 35.3. The van der Waals surface area contributed by atoms with Crippen molar-refractivity contribution in [3.05, 3.63) is 82.8 Å². The first-order valence-electron chi connectivity index (χ1n) is 8.86. The molecule has 150 valence electrons. The molecule has 1 aliphatic heterocycles. The number of aryl methyl sites for hydroxylation is 1. The van der Waals surface area contributed by atoms with Gasteiger partial charge in [-0.3, -0.25) is 9.27 Å². The number of aromatic nitrogens is 3. The smallest absolute Gasteiger partial charge is 0.312 e. The molecule has 0 fully saturated rings. The molecule has 2 aromatic carbocycles. The van der Waals surface area contributed by atoms with E-state index in [0.717, 1.165) is 28.1 Å². The number of hydrogen-bond donors (Lipinski definition) is 3. The van der Waals surface area contributed by atoms with Crippen molar-refractivity contribution in [3.8, 4) is 0 Å². The molecule has 2 heterocycles. The molecule has 4 rings (SSSR count). The van der Waals surface area contributed by atoms with Gasteiger partial charge in [0.15, 0.2) is 0 Å². The molecule has 4 N–H and O–H groups in total. The standard InChI is InChI=1S/C19H20N6O3S/c1-13-7-8-14(9-17(13)22-29(26,27)28)10-25-18-12-24(20)11-16(19(18)21-23-25)15-5-3-2-4-6-15/h2-9,11,22H,10,12,20H2,1H3,(H,26,27,28). The molecule has 0 atom stereocenters. The maximum atomic E-state index is 11.2. The Morgan fingerprint density at radius 2 is 1.97 bits per heavy atom. The van der Waals surface area contributed by atoms with Gasteiger partial charge in [0.05, 0.1) is 24.5 Å². The largest absolute Gasteiger partial charge is 0.357 e. The second kappa shape index (κ2) is 7.32. The van der Waals surface area contributed by atoms with Gasteiger partial charge in [-0.15, -0.1) is 5.10 Å². The van der Waals surface area contributed by atoms with Crippen molar-refractivity contribution in [1.29, 1.82) is 0 Å². The Bertz CT molecular complexity index is 1190. The van der Waals surface area contributed by atoms with Crippen LogP contribution in [0.2, 0.25) is 0 Å². The normalized spacial score (nSPS) is 13.8. The SMILES string of the molecule is Cc1ccc(Cn2nnc3c2CN(N)C=C3c2ccccc2)cc1NS(=O)(=O)O. The van der Waals surface area contributed by atoms with Crippen LogP contribution < -0.4 is 10.6 Å². The summed E-state index contributed by atoms with van der Waals surface area (Å²) >= 11 is 0. The van der Waals surface area contributed by atoms with E-state index in [2.05, 4.69) is 15.0 Å². The first-order valence-corrected chi connectivity index (χ1v) is 10.3. The number of rotatable bonds is 5. The zero-order valence-electron chi connectivity index (χ0n) is 15.6. The summed E-state index contributed by atoms with van der Waals surface area (Å²) in [5, 5.41) is 10.2. The Morgan fingerprint density at radius 3 is 2.69 bits per heavy atom. The first kappa shape index (κ1) is 19.1. The number of fused-ring (bicyclic) bond motifs is 1. The predicted octanol–water partition coefficient (Wildman–Crippen LogP) is 1.93. The third-order valence-electron chi connectivity index (χ3n) is 4.68. The van der Waals surface area contributed by atoms with E-state index in [0.29, 0.717) is 24.3 Å². The summed E-state index contributed by atoms with van der Waals surface area (Å²) in [4.78, 5) is 0. The molecule has 0 saturated heterocycles. The van der Waals surface area contributed by atoms with Gasteiger partial charge in [0.1, 0.15) is 5.69 Å². The third-order valence-corrected chi connectivity index (χ3v) is 5.16. The van der Waals surface area contributed by atoms with Gasteiger partial charge < -0.3 is 5.01 Å². The topological polar surface area (TPSA) is 126 Å². The lowest BCUT2D eigenvalue weighted by molar-refractivity contribution is 0.366. The highest BCUT2D eigenvalue weighted by atomic mass is 32.2. The molecule has 10 heteroatoms. The lowest BCUT2D eigenvalue weighted by atomic mass is 10.00. The average molecular weight is 412 g/mol. The van der Waals surface area contributed by atoms with E-state index in [4.69, 9.17) is 10.4 Å². The van der Waals surface area contributed by atoms with Gasteiger partial charge in [-0.25, -0.2) is 10.5 Å². The molecular weight excluding hydrogens is 392 g/mol. The van der Waals surface area contributed by atoms with E-state index < -0.39 is 10.3 Å². The molecule has 0 aliphatic carbocycles. The van der Waals surface area contributed by atoms with Crippen LogP contribution in [0.1, 0.15) is 28.1 Å². The van der Waals surface area contributed by atoms with Gasteiger partial charge in [0, 0.05) is 11.8 Å². The molecule has 1 aromatic heterocycles. The summed E-state index contributed by atoms with van der Waals surface area (Å²) in [6.45, 7) is 2.57. The molecule has 29 heavy (non-hydrogen) atoms. The molecular formula is C19H20N6O3S. The summed E-state index contributed by atoms with van der Waals surface area (Å²) in [5.74, 6) is 6.10. The van der Waals surface area contributed by atoms with Crippen LogP contribution in [0, 0.1) is 6.92 Å². The van der Waals surface area contributed by atoms with Gasteiger partial charge in [0.25, 0.3) is 0 Å². The quantitative estimate of drug-likeness (QED) is 0.432. The zero-order valence-corrected chi connectivity index (χ0v) is 16.5. The molecule has 0 spiro atoms. The van der Waals surface area contributed by atoms with Crippen LogP contribution in [0.3, 0.4) is 0 Å². The van der Waals surface area contributed by atoms with E-state index in [9.17, 15) is 8.42 Å². The Hall–Kier alpha value is -3.21. The van der Waals surface area contributed by atoms with Crippen molar-refractivity contribution in [2.75, 3.05) is 4.72 Å². The minimum Gasteiger partial charge on any atom is -0.312 e. The summed E-state index contributed by atoms with van der Waals surface area (Å²) in [6, 6.07) is 15.1. The Kier molecular flexibility index (Phi) is 4.82. The number of hydrogen-bond acceptors (Lipinski definition) is 6. The van der Waals surface area contributed by atoms with Gasteiger partial charge >= 0.3 is 10.3 Å². The maximum Gasteiger partial charge on any atom is 0.357 e. The highest BCUT2D eigenvalue weighted by molar-refractivity contribution is 7.87. The molecule has 0 amide bonds. The fourth-order valence-electron chi connectivity index (χ4n) is 3.29. The van der Waals surface area contributed by atoms with Gasteiger partial charge in [-0.1, -0.05) is 47.7 Å². The third kappa shape index (κ3) is 4.14. The van der Waals surface area contributed by atoms with Crippen LogP contribution >= 0.6 is 0 Å². The molecule has 0 bridgehead atoms. The average Bonchev–Trinajstić information content (AvgIpc) is 3.06. The first-order chi connectivity index (χ1) is 13.8. The Balaban J connectivity index is 1.67. The second-order valence-electron chi connectivity index (χ2n) is 6.85. The van der Waals surface area contributed by atoms with Crippen LogP contribution in [0.5, 0.6) is 0 Å². The molecule has 0 radical (unpaired) electrons. The van der Waals surface area contributed by atoms with Crippen LogP contribution in [0.25, 0.3) is 5.57 Å². The highest BCUT2D eigenvalue weighted by Crippen LogP contribution is 2.29. The van der Waals surface area contributed by atoms with Crippen LogP contribution in [0.4, 0.5) is 5.69 Å². The second-order valence-corrected chi connectivity index (χ2v) is 8.00. The Labute approximate surface area is 168 Å². The molecule has 1 aliphatic rings. The van der Waals surface area contributed by atoms with Crippen molar-refractivity contribution in [2.45, 2.75) is 20.0 Å². The van der Waals surface area contributed by atoms with Crippen LogP contribution in [-0.2, 0) is 23.4 Å². The molecule has 3 aromatic rings. The number of hydrazine groups is 1. The van der Waals surface area contributed by atoms with E-state index in [1.54, 1.807) is 28.7 Å². The van der Waals surface area contributed by atoms with Crippen molar-refractivity contribution >= 4 is 21.6 Å². The van der Waals surface area contributed by atoms with E-state index in [-0.39, 0.29) is 0 Å². The van der Waals surface area contributed by atoms with Gasteiger partial charge in [0.2, 0.25) is 0 Å². The predicted molar refractivity (Wildman–Crippen MR) is 109 cm³/mol. The molecule has 0 unspecified atom stereocenters. The van der Waals surface area contributed by atoms with E-state index >= 15 is 0 Å². The minimum absolute atomic E-state index is 0.310.